The van der Waals surface area contributed by atoms with Gasteiger partial charge < -0.3 is 19.4 Å². The maximum Gasteiger partial charge on any atom is 0.407 e. The largest absolute Gasteiger partial charge is 0.444 e. The Morgan fingerprint density at radius 3 is 2.49 bits per heavy atom. The number of aryl methyl sites for hydroxylation is 1. The molecule has 4 aromatic rings. The molecule has 190 valence electrons. The Morgan fingerprint density at radius 2 is 1.78 bits per heavy atom. The minimum Gasteiger partial charge on any atom is -0.444 e. The van der Waals surface area contributed by atoms with E-state index in [0.29, 0.717) is 43.4 Å². The van der Waals surface area contributed by atoms with E-state index in [2.05, 4.69) is 25.7 Å². The molecule has 0 radical (unpaired) electrons. The summed E-state index contributed by atoms with van der Waals surface area (Å²) in [7, 11) is 0. The van der Waals surface area contributed by atoms with Crippen molar-refractivity contribution < 1.29 is 14.3 Å². The topological polar surface area (TPSA) is 115 Å². The van der Waals surface area contributed by atoms with Crippen LogP contribution in [0.15, 0.2) is 48.7 Å². The summed E-state index contributed by atoms with van der Waals surface area (Å²) in [4.78, 5) is 27.3. The van der Waals surface area contributed by atoms with Crippen molar-refractivity contribution in [2.45, 2.75) is 46.3 Å². The Labute approximate surface area is 214 Å². The smallest absolute Gasteiger partial charge is 0.407 e. The van der Waals surface area contributed by atoms with Crippen LogP contribution in [0.4, 0.5) is 4.79 Å². The lowest BCUT2D eigenvalue weighted by atomic mass is 10.0. The van der Waals surface area contributed by atoms with E-state index in [-0.39, 0.29) is 5.91 Å². The minimum absolute atomic E-state index is 0.0351. The molecule has 5 rings (SSSR count). The van der Waals surface area contributed by atoms with Gasteiger partial charge in [0, 0.05) is 42.5 Å². The van der Waals surface area contributed by atoms with Gasteiger partial charge in [-0.1, -0.05) is 30.3 Å². The number of aromatic nitrogens is 5. The van der Waals surface area contributed by atoms with E-state index in [0.717, 1.165) is 27.8 Å². The second-order valence-electron chi connectivity index (χ2n) is 10.0. The zero-order valence-corrected chi connectivity index (χ0v) is 21.4. The SMILES string of the molecule is Cc1nnc(-c2ccn3c4c(c(-c5ccccc5)c3c2)CN(CCCNC(=O)OC(C)(C)C)C4=O)nn1. The van der Waals surface area contributed by atoms with Crippen LogP contribution in [0, 0.1) is 6.92 Å². The second kappa shape index (κ2) is 9.61. The molecule has 1 aliphatic heterocycles. The highest BCUT2D eigenvalue weighted by atomic mass is 16.6. The van der Waals surface area contributed by atoms with Gasteiger partial charge in [0.1, 0.15) is 11.3 Å². The normalized spacial score (nSPS) is 13.2. The molecule has 0 spiro atoms. The third kappa shape index (κ3) is 5.00. The number of hydrogen-bond donors (Lipinski definition) is 1. The van der Waals surface area contributed by atoms with Crippen LogP contribution in [-0.4, -0.2) is 60.4 Å². The number of fused-ring (bicyclic) bond motifs is 3. The fraction of sp³-hybridized carbons (Fsp3) is 0.333. The molecule has 0 aliphatic carbocycles. The van der Waals surface area contributed by atoms with Crippen molar-refractivity contribution in [3.8, 4) is 22.5 Å². The second-order valence-corrected chi connectivity index (χ2v) is 10.0. The van der Waals surface area contributed by atoms with Crippen LogP contribution in [0.1, 0.15) is 49.1 Å². The maximum absolute atomic E-state index is 13.5. The van der Waals surface area contributed by atoms with Crippen molar-refractivity contribution >= 4 is 17.5 Å². The van der Waals surface area contributed by atoms with Gasteiger partial charge in [0.25, 0.3) is 5.91 Å². The molecule has 1 N–H and O–H groups in total. The van der Waals surface area contributed by atoms with E-state index in [1.807, 2.05) is 78.7 Å². The molecule has 10 heteroatoms. The number of benzene rings is 1. The fourth-order valence-electron chi connectivity index (χ4n) is 4.52. The van der Waals surface area contributed by atoms with Crippen molar-refractivity contribution in [3.63, 3.8) is 0 Å². The van der Waals surface area contributed by atoms with Crippen molar-refractivity contribution in [2.75, 3.05) is 13.1 Å². The number of hydrogen-bond acceptors (Lipinski definition) is 7. The van der Waals surface area contributed by atoms with Gasteiger partial charge in [-0.2, -0.15) is 0 Å². The summed E-state index contributed by atoms with van der Waals surface area (Å²) in [6, 6.07) is 13.9. The Bertz CT molecular complexity index is 1460. The van der Waals surface area contributed by atoms with Gasteiger partial charge in [0.15, 0.2) is 5.82 Å². The molecule has 0 bridgehead atoms. The number of pyridine rings is 1. The lowest BCUT2D eigenvalue weighted by Crippen LogP contribution is -2.34. The Hall–Kier alpha value is -4.34. The zero-order chi connectivity index (χ0) is 26.2. The highest BCUT2D eigenvalue weighted by Gasteiger charge is 2.34. The molecule has 37 heavy (non-hydrogen) atoms. The molecule has 0 unspecified atom stereocenters. The molecule has 0 fully saturated rings. The third-order valence-corrected chi connectivity index (χ3v) is 6.05. The van der Waals surface area contributed by atoms with Crippen LogP contribution < -0.4 is 5.32 Å². The van der Waals surface area contributed by atoms with Crippen LogP contribution in [0.3, 0.4) is 0 Å². The van der Waals surface area contributed by atoms with E-state index in [9.17, 15) is 9.59 Å². The van der Waals surface area contributed by atoms with Crippen molar-refractivity contribution in [2.24, 2.45) is 0 Å². The summed E-state index contributed by atoms with van der Waals surface area (Å²) < 4.78 is 7.22. The maximum atomic E-state index is 13.5. The van der Waals surface area contributed by atoms with Crippen LogP contribution >= 0.6 is 0 Å². The number of nitrogens with one attached hydrogen (secondary N) is 1. The molecule has 10 nitrogen and oxygen atoms in total. The molecule has 4 heterocycles. The summed E-state index contributed by atoms with van der Waals surface area (Å²) >= 11 is 0. The van der Waals surface area contributed by atoms with E-state index in [1.165, 1.54) is 0 Å². The summed E-state index contributed by atoms with van der Waals surface area (Å²) in [6.07, 6.45) is 2.04. The lowest BCUT2D eigenvalue weighted by Gasteiger charge is -2.20. The number of alkyl carbamates (subject to hydrolysis) is 1. The number of amides is 2. The lowest BCUT2D eigenvalue weighted by molar-refractivity contribution is 0.0526. The van der Waals surface area contributed by atoms with Crippen LogP contribution in [-0.2, 0) is 11.3 Å². The first-order valence-electron chi connectivity index (χ1n) is 12.2. The zero-order valence-electron chi connectivity index (χ0n) is 21.4. The first-order valence-corrected chi connectivity index (χ1v) is 12.2. The molecule has 2 amide bonds. The van der Waals surface area contributed by atoms with Gasteiger partial charge in [-0.15, -0.1) is 20.4 Å². The Morgan fingerprint density at radius 1 is 1.05 bits per heavy atom. The van der Waals surface area contributed by atoms with Crippen molar-refractivity contribution in [3.05, 3.63) is 65.7 Å². The third-order valence-electron chi connectivity index (χ3n) is 6.05. The molecule has 0 saturated carbocycles. The predicted molar refractivity (Wildman–Crippen MR) is 138 cm³/mol. The van der Waals surface area contributed by atoms with Gasteiger partial charge in [-0.25, -0.2) is 4.79 Å². The highest BCUT2D eigenvalue weighted by molar-refractivity contribution is 6.04. The summed E-state index contributed by atoms with van der Waals surface area (Å²) in [6.45, 7) is 8.64. The van der Waals surface area contributed by atoms with Crippen LogP contribution in [0.2, 0.25) is 0 Å². The number of ether oxygens (including phenoxy) is 1. The van der Waals surface area contributed by atoms with Crippen LogP contribution in [0.25, 0.3) is 28.0 Å². The molecule has 0 saturated heterocycles. The quantitative estimate of drug-likeness (QED) is 0.398. The van der Waals surface area contributed by atoms with Gasteiger partial charge in [-0.3, -0.25) is 4.79 Å². The first-order chi connectivity index (χ1) is 17.7. The number of nitrogens with zero attached hydrogens (tertiary/aromatic N) is 6. The van der Waals surface area contributed by atoms with Gasteiger partial charge in [0.2, 0.25) is 5.82 Å². The average molecular weight is 500 g/mol. The monoisotopic (exact) mass is 499 g/mol. The molecule has 1 aliphatic rings. The standard InChI is InChI=1S/C27H29N7O3/c1-17-29-31-24(32-30-17)19-11-14-34-21(15-19)22(18-9-6-5-7-10-18)20-16-33(25(35)23(20)34)13-8-12-28-26(36)37-27(2,3)4/h5-7,9-11,14-15H,8,12-13,16H2,1-4H3,(H,28,36). The van der Waals surface area contributed by atoms with E-state index < -0.39 is 11.7 Å². The fourth-order valence-corrected chi connectivity index (χ4v) is 4.52. The number of carbonyl (C=O) groups excluding carboxylic acids is 2. The molecular formula is C27H29N7O3. The minimum atomic E-state index is -0.549. The van der Waals surface area contributed by atoms with Gasteiger partial charge in [0.05, 0.1) is 5.52 Å². The summed E-state index contributed by atoms with van der Waals surface area (Å²) in [5.74, 6) is 0.898. The molecule has 0 atom stereocenters. The van der Waals surface area contributed by atoms with E-state index in [4.69, 9.17) is 4.74 Å². The Kier molecular flexibility index (Phi) is 6.32. The van der Waals surface area contributed by atoms with Gasteiger partial charge in [-0.05, 0) is 51.8 Å². The summed E-state index contributed by atoms with van der Waals surface area (Å²) in [5, 5.41) is 19.2. The number of carbonyl (C=O) groups is 2. The van der Waals surface area contributed by atoms with Crippen molar-refractivity contribution in [1.82, 2.24) is 35.0 Å². The first kappa shape index (κ1) is 24.4. The average Bonchev–Trinajstić information content (AvgIpc) is 3.35. The predicted octanol–water partition coefficient (Wildman–Crippen LogP) is 4.03. The molecule has 1 aromatic carbocycles. The highest BCUT2D eigenvalue weighted by Crippen LogP contribution is 2.39. The van der Waals surface area contributed by atoms with Crippen LogP contribution in [0.5, 0.6) is 0 Å². The number of rotatable bonds is 6. The Balaban J connectivity index is 1.42. The van der Waals surface area contributed by atoms with Gasteiger partial charge >= 0.3 is 6.09 Å². The summed E-state index contributed by atoms with van der Waals surface area (Å²) in [5.41, 5.74) is 4.80. The van der Waals surface area contributed by atoms with Crippen molar-refractivity contribution in [1.29, 1.82) is 0 Å². The molecular weight excluding hydrogens is 470 g/mol. The van der Waals surface area contributed by atoms with E-state index in [1.54, 1.807) is 6.92 Å². The molecule has 3 aromatic heterocycles. The van der Waals surface area contributed by atoms with E-state index >= 15 is 0 Å².